The normalized spacial score (nSPS) is 18.8. The van der Waals surface area contributed by atoms with Gasteiger partial charge in [-0.2, -0.15) is 5.26 Å². The van der Waals surface area contributed by atoms with E-state index in [0.717, 1.165) is 4.48 Å². The minimum absolute atomic E-state index is 0. The zero-order valence-electron chi connectivity index (χ0n) is 35.2. The van der Waals surface area contributed by atoms with E-state index < -0.39 is 91.0 Å². The molecule has 61 heavy (non-hydrogen) atoms. The highest BCUT2D eigenvalue weighted by Gasteiger charge is 2.46. The molecule has 8 bridgehead atoms. The zero-order chi connectivity index (χ0) is 45.2. The molecule has 0 fully saturated rings. The summed E-state index contributed by atoms with van der Waals surface area (Å²) >= 11 is 0. The van der Waals surface area contributed by atoms with Gasteiger partial charge in [0, 0.05) is 74.4 Å². The first-order valence-electron chi connectivity index (χ1n) is 18.5. The highest BCUT2D eigenvalue weighted by molar-refractivity contribution is 5.53. The first kappa shape index (κ1) is 48.3. The number of quaternary nitrogens is 1. The Hall–Kier alpha value is -5.40. The highest BCUT2D eigenvalue weighted by atomic mass is 35.5. The van der Waals surface area contributed by atoms with Gasteiger partial charge in [-0.05, 0) is 90.1 Å². The van der Waals surface area contributed by atoms with Crippen LogP contribution < -0.4 is 12.4 Å². The average molecular weight is 883 g/mol. The molecule has 6 aromatic rings. The molecule has 4 N–H and O–H groups in total. The quantitative estimate of drug-likeness (QED) is 0.0607. The van der Waals surface area contributed by atoms with Gasteiger partial charge in [0.15, 0.2) is 46.5 Å². The molecule has 4 aromatic heterocycles. The van der Waals surface area contributed by atoms with Gasteiger partial charge in [0.05, 0.1) is 45.1 Å². The zero-order valence-corrected chi connectivity index (χ0v) is 35.9. The monoisotopic (exact) mass is 882 g/mol. The van der Waals surface area contributed by atoms with Crippen LogP contribution in [0.2, 0.25) is 0 Å². The second-order valence-corrected chi connectivity index (χ2v) is 17.4. The van der Waals surface area contributed by atoms with Crippen LogP contribution in [0, 0.1) is 69.5 Å². The van der Waals surface area contributed by atoms with Gasteiger partial charge < -0.3 is 36.8 Å². The highest BCUT2D eigenvalue weighted by Crippen LogP contribution is 2.47. The Labute approximate surface area is 353 Å². The van der Waals surface area contributed by atoms with Gasteiger partial charge in [-0.15, -0.1) is 0 Å². The number of aromatic amines is 4. The van der Waals surface area contributed by atoms with E-state index in [9.17, 15) is 26.3 Å². The maximum atomic E-state index is 15.7. The van der Waals surface area contributed by atoms with E-state index in [-0.39, 0.29) is 35.2 Å². The Kier molecular flexibility index (Phi) is 13.0. The van der Waals surface area contributed by atoms with Crippen molar-refractivity contribution in [2.45, 2.75) is 70.1 Å². The maximum absolute atomic E-state index is 15.7. The van der Waals surface area contributed by atoms with Gasteiger partial charge in [-0.25, -0.2) is 43.9 Å². The SMILES string of the molecule is CC#N.CC1(C)c2ccc([nH]2)C(C)(c2c(F)c(F)c(F)c(F)c2F)c2ccc([nH]2)C(C)(C)c2ccc([nH]2)C(C)(c2c(F)c(F)c(F)c(F)c2F)c2ccc1[nH]2.C[N+](C)(C)C.[Cl-]. The molecule has 2 aromatic carbocycles. The van der Waals surface area contributed by atoms with E-state index in [1.807, 2.05) is 0 Å². The lowest BCUT2D eigenvalue weighted by Crippen LogP contribution is -3.00. The van der Waals surface area contributed by atoms with Gasteiger partial charge in [0.25, 0.3) is 0 Å². The molecule has 0 spiro atoms. The van der Waals surface area contributed by atoms with Crippen LogP contribution in [0.4, 0.5) is 43.9 Å². The third kappa shape index (κ3) is 7.86. The predicted molar refractivity (Wildman–Crippen MR) is 206 cm³/mol. The summed E-state index contributed by atoms with van der Waals surface area (Å²) in [6.07, 6.45) is 0. The number of nitrogens with zero attached hydrogens (tertiary/aromatic N) is 2. The smallest absolute Gasteiger partial charge is 0.200 e. The topological polar surface area (TPSA) is 86.9 Å². The van der Waals surface area contributed by atoms with Crippen molar-refractivity contribution >= 4 is 0 Å². The lowest BCUT2D eigenvalue weighted by Gasteiger charge is -2.32. The number of benzene rings is 2. The van der Waals surface area contributed by atoms with Crippen LogP contribution >= 0.6 is 0 Å². The van der Waals surface area contributed by atoms with Gasteiger partial charge in [-0.3, -0.25) is 0 Å². The molecule has 6 nitrogen and oxygen atoms in total. The molecule has 7 rings (SSSR count). The van der Waals surface area contributed by atoms with Crippen LogP contribution in [-0.2, 0) is 21.7 Å². The second-order valence-electron chi connectivity index (χ2n) is 17.4. The Balaban J connectivity index is 0.000000838. The third-order valence-electron chi connectivity index (χ3n) is 11.0. The van der Waals surface area contributed by atoms with Crippen molar-refractivity contribution in [3.05, 3.63) is 163 Å². The molecule has 0 aliphatic carbocycles. The minimum atomic E-state index is -2.31. The Morgan fingerprint density at radius 1 is 0.393 bits per heavy atom. The molecule has 5 heterocycles. The average Bonchev–Trinajstić information content (AvgIpc) is 4.00. The molecule has 0 radical (unpaired) electrons. The van der Waals surface area contributed by atoms with Gasteiger partial charge >= 0.3 is 0 Å². The number of aromatic nitrogens is 4. The van der Waals surface area contributed by atoms with Gasteiger partial charge in [0.1, 0.15) is 0 Å². The van der Waals surface area contributed by atoms with Crippen LogP contribution in [0.5, 0.6) is 0 Å². The van der Waals surface area contributed by atoms with Crippen LogP contribution in [0.1, 0.15) is 105 Å². The Morgan fingerprint density at radius 2 is 0.541 bits per heavy atom. The van der Waals surface area contributed by atoms with Gasteiger partial charge in [-0.1, -0.05) is 0 Å². The fourth-order valence-corrected chi connectivity index (χ4v) is 7.41. The summed E-state index contributed by atoms with van der Waals surface area (Å²) < 4.78 is 151. The number of fused-ring (bicyclic) bond motifs is 8. The molecule has 0 saturated heterocycles. The summed E-state index contributed by atoms with van der Waals surface area (Å²) in [6.45, 7) is 10.9. The number of nitriles is 1. The predicted octanol–water partition coefficient (Wildman–Crippen LogP) is 7.92. The van der Waals surface area contributed by atoms with E-state index in [0.29, 0.717) is 22.8 Å². The number of halogens is 11. The van der Waals surface area contributed by atoms with E-state index in [4.69, 9.17) is 5.26 Å². The molecule has 17 heteroatoms. The molecule has 0 unspecified atom stereocenters. The molecule has 328 valence electrons. The summed E-state index contributed by atoms with van der Waals surface area (Å²) in [4.78, 5) is 12.5. The Bertz CT molecular complexity index is 2320. The number of nitrogens with one attached hydrogen (secondary N) is 4. The van der Waals surface area contributed by atoms with E-state index in [2.05, 4.69) is 48.1 Å². The first-order valence-corrected chi connectivity index (χ1v) is 18.5. The van der Waals surface area contributed by atoms with Crippen molar-refractivity contribution in [3.63, 3.8) is 0 Å². The van der Waals surface area contributed by atoms with Crippen molar-refractivity contribution in [1.29, 1.82) is 5.26 Å². The summed E-state index contributed by atoms with van der Waals surface area (Å²) in [7, 11) is 8.50. The number of hydrogen-bond acceptors (Lipinski definition) is 1. The summed E-state index contributed by atoms with van der Waals surface area (Å²) in [5.41, 5.74) is -6.87. The third-order valence-corrected chi connectivity index (χ3v) is 11.0. The molecule has 0 amide bonds. The fraction of sp³-hybridized carbons (Fsp3) is 0.341. The number of hydrogen-bond donors (Lipinski definition) is 4. The van der Waals surface area contributed by atoms with Crippen molar-refractivity contribution in [2.24, 2.45) is 0 Å². The van der Waals surface area contributed by atoms with E-state index >= 15 is 17.6 Å². The van der Waals surface area contributed by atoms with Crippen LogP contribution in [0.3, 0.4) is 0 Å². The summed E-state index contributed by atoms with van der Waals surface area (Å²) in [5.74, 6) is -21.1. The molecular formula is C44H45ClF10N6. The standard InChI is InChI=1S/C38H30F10N4.C4H12N.C2H3N.ClH/c1-35(2)15-7-11-19(49-15)37(5,23-25(39)29(43)33(47)30(44)26(23)40)21-13-9-17(51-21)36(3,4)18-10-14-22(52-18)38(6,20-12-8-16(35)50-20)24-27(41)31(45)34(48)32(46)28(24)42;1-5(2,3)4;1-2-3;/h7-14,49-52H,1-6H3;1-4H3;1H3;1H/q;+1;;/p-1. The van der Waals surface area contributed by atoms with Gasteiger partial charge in [0.2, 0.25) is 11.6 Å². The lowest BCUT2D eigenvalue weighted by molar-refractivity contribution is -0.849. The van der Waals surface area contributed by atoms with Crippen molar-refractivity contribution in [1.82, 2.24) is 19.9 Å². The van der Waals surface area contributed by atoms with Crippen molar-refractivity contribution < 1.29 is 60.8 Å². The van der Waals surface area contributed by atoms with Crippen molar-refractivity contribution in [2.75, 3.05) is 28.2 Å². The number of H-pyrrole nitrogens is 4. The van der Waals surface area contributed by atoms with Crippen molar-refractivity contribution in [3.8, 4) is 6.07 Å². The molecular weight excluding hydrogens is 838 g/mol. The minimum Gasteiger partial charge on any atom is -1.00 e. The molecule has 0 atom stereocenters. The first-order chi connectivity index (χ1) is 27.6. The van der Waals surface area contributed by atoms with E-state index in [1.54, 1.807) is 58.0 Å². The summed E-state index contributed by atoms with van der Waals surface area (Å²) in [5, 5.41) is 7.32. The molecule has 0 saturated carbocycles. The largest absolute Gasteiger partial charge is 1.00 e. The Morgan fingerprint density at radius 3 is 0.721 bits per heavy atom. The van der Waals surface area contributed by atoms with Crippen LogP contribution in [0.25, 0.3) is 0 Å². The maximum Gasteiger partial charge on any atom is 0.200 e. The molecule has 1 aliphatic rings. The molecule has 1 aliphatic heterocycles. The van der Waals surface area contributed by atoms with Crippen LogP contribution in [-0.4, -0.2) is 52.6 Å². The van der Waals surface area contributed by atoms with Crippen LogP contribution in [0.15, 0.2) is 48.5 Å². The second kappa shape index (κ2) is 16.5. The lowest BCUT2D eigenvalue weighted by atomic mass is 9.76. The summed E-state index contributed by atoms with van der Waals surface area (Å²) in [6, 6.07) is 13.7. The van der Waals surface area contributed by atoms with E-state index in [1.165, 1.54) is 45.0 Å². The number of rotatable bonds is 2. The fourth-order valence-electron chi connectivity index (χ4n) is 7.41.